The van der Waals surface area contributed by atoms with Gasteiger partial charge in [0.2, 0.25) is 0 Å². The maximum absolute atomic E-state index is 10.6. The van der Waals surface area contributed by atoms with Gasteiger partial charge in [-0.25, -0.2) is 0 Å². The fourth-order valence-electron chi connectivity index (χ4n) is 5.02. The van der Waals surface area contributed by atoms with E-state index in [0.29, 0.717) is 17.4 Å². The monoisotopic (exact) mass is 446 g/mol. The summed E-state index contributed by atoms with van der Waals surface area (Å²) in [5, 5.41) is 20.9. The molecule has 2 heteroatoms. The van der Waals surface area contributed by atoms with Crippen LogP contribution in [0.1, 0.15) is 129 Å². The zero-order valence-corrected chi connectivity index (χ0v) is 22.5. The molecular weight excluding hydrogens is 392 g/mol. The maximum atomic E-state index is 10.6. The first kappa shape index (κ1) is 28.9. The second-order valence-electron chi connectivity index (χ2n) is 11.3. The molecule has 0 aromatic heterocycles. The minimum Gasteiger partial charge on any atom is -0.508 e. The van der Waals surface area contributed by atoms with Gasteiger partial charge >= 0.3 is 0 Å². The van der Waals surface area contributed by atoms with Gasteiger partial charge in [0.1, 0.15) is 11.5 Å². The van der Waals surface area contributed by atoms with Crippen molar-refractivity contribution in [3.8, 4) is 11.5 Å². The number of phenols is 2. The lowest BCUT2D eigenvalue weighted by atomic mass is 9.88. The number of hydrogen-bond donors (Lipinski definition) is 2. The molecule has 0 saturated carbocycles. The number of hydrogen-bond acceptors (Lipinski definition) is 2. The van der Waals surface area contributed by atoms with Crippen LogP contribution >= 0.6 is 0 Å². The largest absolute Gasteiger partial charge is 0.508 e. The van der Waals surface area contributed by atoms with E-state index in [-0.39, 0.29) is 0 Å². The zero-order chi connectivity index (χ0) is 24.1. The highest BCUT2D eigenvalue weighted by Crippen LogP contribution is 2.35. The molecule has 0 amide bonds. The number of aromatic hydroxyl groups is 2. The molecule has 0 saturated heterocycles. The van der Waals surface area contributed by atoms with Crippen molar-refractivity contribution >= 4 is 0 Å². The van der Waals surface area contributed by atoms with E-state index in [1.54, 1.807) is 6.07 Å². The average molecular weight is 447 g/mol. The molecule has 2 nitrogen and oxygen atoms in total. The molecule has 1 aromatic rings. The van der Waals surface area contributed by atoms with Crippen LogP contribution in [0.5, 0.6) is 11.5 Å². The minimum absolute atomic E-state index is 0.355. The molecule has 0 heterocycles. The Morgan fingerprint density at radius 3 is 1.59 bits per heavy atom. The third kappa shape index (κ3) is 11.1. The Hall–Kier alpha value is -1.18. The molecule has 186 valence electrons. The van der Waals surface area contributed by atoms with Crippen LogP contribution in [0.15, 0.2) is 6.07 Å². The van der Waals surface area contributed by atoms with Crippen LogP contribution in [0.3, 0.4) is 0 Å². The first-order valence-corrected chi connectivity index (χ1v) is 13.7. The van der Waals surface area contributed by atoms with Crippen LogP contribution in [0.25, 0.3) is 0 Å². The van der Waals surface area contributed by atoms with Crippen molar-refractivity contribution in [2.75, 3.05) is 0 Å². The first-order chi connectivity index (χ1) is 15.1. The van der Waals surface area contributed by atoms with Crippen LogP contribution in [0.2, 0.25) is 0 Å². The van der Waals surface area contributed by atoms with Crippen LogP contribution < -0.4 is 0 Å². The number of rotatable bonds is 17. The second kappa shape index (κ2) is 15.6. The summed E-state index contributed by atoms with van der Waals surface area (Å²) in [5.41, 5.74) is 2.72. The maximum Gasteiger partial charge on any atom is 0.122 e. The Labute approximate surface area is 200 Å². The Kier molecular flexibility index (Phi) is 14.1. The lowest BCUT2D eigenvalue weighted by Crippen LogP contribution is -2.04. The molecule has 2 N–H and O–H groups in total. The highest BCUT2D eigenvalue weighted by Gasteiger charge is 2.16. The van der Waals surface area contributed by atoms with Gasteiger partial charge in [-0.3, -0.25) is 0 Å². The highest BCUT2D eigenvalue weighted by atomic mass is 16.3. The van der Waals surface area contributed by atoms with E-state index in [9.17, 15) is 10.2 Å². The molecule has 1 aromatic carbocycles. The highest BCUT2D eigenvalue weighted by molar-refractivity contribution is 5.52. The van der Waals surface area contributed by atoms with Crippen molar-refractivity contribution in [2.24, 2.45) is 23.7 Å². The zero-order valence-electron chi connectivity index (χ0n) is 22.5. The Morgan fingerprint density at radius 2 is 1.12 bits per heavy atom. The lowest BCUT2D eigenvalue weighted by molar-refractivity contribution is 0.373. The van der Waals surface area contributed by atoms with E-state index in [1.165, 1.54) is 57.8 Å². The molecule has 0 unspecified atom stereocenters. The summed E-state index contributed by atoms with van der Waals surface area (Å²) in [6, 6.07) is 1.71. The fourth-order valence-corrected chi connectivity index (χ4v) is 5.02. The topological polar surface area (TPSA) is 40.5 Å². The lowest BCUT2D eigenvalue weighted by Gasteiger charge is -2.18. The third-order valence-corrected chi connectivity index (χ3v) is 7.34. The van der Waals surface area contributed by atoms with E-state index in [1.807, 2.05) is 6.92 Å². The number of aryl methyl sites for hydroxylation is 1. The SMILES string of the molecule is CCCc1c(O)cc(C)c(O)c1CC[C@@H](C)CCC[C@H](C)CCC[C@H](C)CCCC(C)C. The van der Waals surface area contributed by atoms with Crippen molar-refractivity contribution in [2.45, 2.75) is 132 Å². The van der Waals surface area contributed by atoms with Crippen molar-refractivity contribution in [1.29, 1.82) is 0 Å². The van der Waals surface area contributed by atoms with Gasteiger partial charge in [-0.05, 0) is 61.5 Å². The Bertz CT molecular complexity index is 634. The second-order valence-corrected chi connectivity index (χ2v) is 11.3. The summed E-state index contributed by atoms with van der Waals surface area (Å²) in [7, 11) is 0. The van der Waals surface area contributed by atoms with Crippen LogP contribution in [-0.2, 0) is 12.8 Å². The average Bonchev–Trinajstić information content (AvgIpc) is 2.71. The van der Waals surface area contributed by atoms with Gasteiger partial charge in [0, 0.05) is 11.1 Å². The van der Waals surface area contributed by atoms with E-state index >= 15 is 0 Å². The molecule has 0 aliphatic heterocycles. The molecule has 0 aliphatic rings. The molecule has 0 radical (unpaired) electrons. The van der Waals surface area contributed by atoms with Crippen LogP contribution in [0, 0.1) is 30.6 Å². The van der Waals surface area contributed by atoms with Crippen molar-refractivity contribution in [3.63, 3.8) is 0 Å². The quantitative estimate of drug-likeness (QED) is 0.234. The summed E-state index contributed by atoms with van der Waals surface area (Å²) in [6.45, 7) is 15.9. The van der Waals surface area contributed by atoms with Crippen molar-refractivity contribution in [1.82, 2.24) is 0 Å². The normalized spacial score (nSPS) is 14.6. The number of benzene rings is 1. The van der Waals surface area contributed by atoms with E-state index in [0.717, 1.165) is 60.1 Å². The van der Waals surface area contributed by atoms with Gasteiger partial charge in [0.15, 0.2) is 0 Å². The predicted octanol–water partition coefficient (Wildman–Crippen LogP) is 9.37. The third-order valence-electron chi connectivity index (χ3n) is 7.34. The molecule has 1 rings (SSSR count). The van der Waals surface area contributed by atoms with Gasteiger partial charge in [-0.15, -0.1) is 0 Å². The molecule has 32 heavy (non-hydrogen) atoms. The number of phenolic OH excluding ortho intramolecular Hbond substituents is 2. The van der Waals surface area contributed by atoms with E-state index in [4.69, 9.17) is 0 Å². The van der Waals surface area contributed by atoms with Gasteiger partial charge in [-0.1, -0.05) is 106 Å². The van der Waals surface area contributed by atoms with Crippen molar-refractivity contribution < 1.29 is 10.2 Å². The van der Waals surface area contributed by atoms with Gasteiger partial charge in [0.05, 0.1) is 0 Å². The van der Waals surface area contributed by atoms with E-state index < -0.39 is 0 Å². The van der Waals surface area contributed by atoms with Crippen LogP contribution in [0.4, 0.5) is 0 Å². The minimum atomic E-state index is 0.355. The summed E-state index contributed by atoms with van der Waals surface area (Å²) < 4.78 is 0. The van der Waals surface area contributed by atoms with Gasteiger partial charge in [-0.2, -0.15) is 0 Å². The summed E-state index contributed by atoms with van der Waals surface area (Å²) in [6.07, 6.45) is 16.0. The fraction of sp³-hybridized carbons (Fsp3) is 0.800. The molecule has 0 spiro atoms. The smallest absolute Gasteiger partial charge is 0.122 e. The van der Waals surface area contributed by atoms with E-state index in [2.05, 4.69) is 41.5 Å². The summed E-state index contributed by atoms with van der Waals surface area (Å²) in [5.74, 6) is 3.96. The molecule has 0 fully saturated rings. The summed E-state index contributed by atoms with van der Waals surface area (Å²) in [4.78, 5) is 0. The summed E-state index contributed by atoms with van der Waals surface area (Å²) >= 11 is 0. The van der Waals surface area contributed by atoms with Gasteiger partial charge < -0.3 is 10.2 Å². The molecule has 0 bridgehead atoms. The molecular formula is C30H54O2. The van der Waals surface area contributed by atoms with Crippen molar-refractivity contribution in [3.05, 3.63) is 22.8 Å². The molecule has 0 aliphatic carbocycles. The Balaban J connectivity index is 2.30. The predicted molar refractivity (Wildman–Crippen MR) is 141 cm³/mol. The molecule has 3 atom stereocenters. The standard InChI is InChI=1S/C30H54O2/c1-8-12-27-28(30(32)26(7)21-29(27)31)20-19-25(6)18-11-17-24(5)16-10-15-23(4)14-9-13-22(2)3/h21-25,31-32H,8-20H2,1-7H3/t23-,24-,25+/m1/s1. The van der Waals surface area contributed by atoms with Crippen LogP contribution in [-0.4, -0.2) is 10.2 Å². The first-order valence-electron chi connectivity index (χ1n) is 13.7. The van der Waals surface area contributed by atoms with Gasteiger partial charge in [0.25, 0.3) is 0 Å². The Morgan fingerprint density at radius 1 is 0.656 bits per heavy atom.